The van der Waals surface area contributed by atoms with Gasteiger partial charge in [-0.25, -0.2) is 4.79 Å². The van der Waals surface area contributed by atoms with E-state index < -0.39 is 5.54 Å². The van der Waals surface area contributed by atoms with E-state index in [1.807, 2.05) is 6.92 Å². The third kappa shape index (κ3) is 2.95. The summed E-state index contributed by atoms with van der Waals surface area (Å²) in [5.41, 5.74) is 4.91. The molecule has 1 saturated carbocycles. The van der Waals surface area contributed by atoms with E-state index in [1.54, 1.807) is 0 Å². The molecule has 0 aromatic heterocycles. The standard InChI is InChI=1S/C14H23N3O2S/c1-10(11(15)20)9-17-12(18)14(16-13(17)19)7-5-3-2-4-6-8-14/h10H,2-9H2,1H3,(H2,15,20)(H,16,19). The number of rotatable bonds is 3. The van der Waals surface area contributed by atoms with Gasteiger partial charge in [0.2, 0.25) is 0 Å². The van der Waals surface area contributed by atoms with E-state index >= 15 is 0 Å². The topological polar surface area (TPSA) is 75.4 Å². The monoisotopic (exact) mass is 297 g/mol. The van der Waals surface area contributed by atoms with E-state index in [0.29, 0.717) is 4.99 Å². The number of urea groups is 1. The van der Waals surface area contributed by atoms with Crippen molar-refractivity contribution in [1.29, 1.82) is 0 Å². The van der Waals surface area contributed by atoms with E-state index in [4.69, 9.17) is 18.0 Å². The fraction of sp³-hybridized carbons (Fsp3) is 0.786. The number of hydrogen-bond acceptors (Lipinski definition) is 3. The van der Waals surface area contributed by atoms with Gasteiger partial charge in [0.25, 0.3) is 5.91 Å². The number of nitrogens with two attached hydrogens (primary N) is 1. The molecule has 3 amide bonds. The van der Waals surface area contributed by atoms with Crippen molar-refractivity contribution < 1.29 is 9.59 Å². The fourth-order valence-electron chi connectivity index (χ4n) is 3.05. The van der Waals surface area contributed by atoms with Crippen LogP contribution in [0.1, 0.15) is 51.9 Å². The van der Waals surface area contributed by atoms with Crippen molar-refractivity contribution >= 4 is 29.1 Å². The highest BCUT2D eigenvalue weighted by atomic mass is 32.1. The Bertz CT molecular complexity index is 417. The zero-order chi connectivity index (χ0) is 14.8. The van der Waals surface area contributed by atoms with Crippen molar-refractivity contribution in [1.82, 2.24) is 10.2 Å². The lowest BCUT2D eigenvalue weighted by atomic mass is 9.84. The summed E-state index contributed by atoms with van der Waals surface area (Å²) in [6.45, 7) is 2.12. The average molecular weight is 297 g/mol. The Morgan fingerprint density at radius 2 is 1.85 bits per heavy atom. The Balaban J connectivity index is 2.12. The zero-order valence-corrected chi connectivity index (χ0v) is 12.8. The third-order valence-electron chi connectivity index (χ3n) is 4.40. The van der Waals surface area contributed by atoms with Crippen molar-refractivity contribution in [2.45, 2.75) is 57.4 Å². The Hall–Kier alpha value is -1.17. The minimum Gasteiger partial charge on any atom is -0.393 e. The molecule has 1 saturated heterocycles. The number of carbonyl (C=O) groups excluding carboxylic acids is 2. The summed E-state index contributed by atoms with van der Waals surface area (Å²) in [5, 5.41) is 2.93. The molecule has 3 N–H and O–H groups in total. The smallest absolute Gasteiger partial charge is 0.325 e. The van der Waals surface area contributed by atoms with Crippen LogP contribution >= 0.6 is 12.2 Å². The van der Waals surface area contributed by atoms with Crippen LogP contribution < -0.4 is 11.1 Å². The molecule has 1 unspecified atom stereocenters. The van der Waals surface area contributed by atoms with Gasteiger partial charge in [0.05, 0.1) is 4.99 Å². The quantitative estimate of drug-likeness (QED) is 0.616. The molecule has 0 aromatic rings. The maximum atomic E-state index is 12.7. The summed E-state index contributed by atoms with van der Waals surface area (Å²) in [7, 11) is 0. The van der Waals surface area contributed by atoms with E-state index in [9.17, 15) is 9.59 Å². The number of thiocarbonyl (C=S) groups is 1. The van der Waals surface area contributed by atoms with Gasteiger partial charge in [-0.1, -0.05) is 51.2 Å². The van der Waals surface area contributed by atoms with Crippen molar-refractivity contribution in [3.8, 4) is 0 Å². The van der Waals surface area contributed by atoms with Crippen LogP contribution in [0.25, 0.3) is 0 Å². The first kappa shape index (κ1) is 15.2. The van der Waals surface area contributed by atoms with Crippen LogP contribution in [0.15, 0.2) is 0 Å². The molecular weight excluding hydrogens is 274 g/mol. The van der Waals surface area contributed by atoms with Crippen LogP contribution in [0.3, 0.4) is 0 Å². The molecule has 1 spiro atoms. The van der Waals surface area contributed by atoms with Crippen LogP contribution in [0.5, 0.6) is 0 Å². The molecule has 1 aliphatic heterocycles. The van der Waals surface area contributed by atoms with Gasteiger partial charge in [0, 0.05) is 12.5 Å². The predicted molar refractivity (Wildman–Crippen MR) is 81.2 cm³/mol. The van der Waals surface area contributed by atoms with Gasteiger partial charge in [-0.15, -0.1) is 0 Å². The van der Waals surface area contributed by atoms with Crippen molar-refractivity contribution in [3.63, 3.8) is 0 Å². The van der Waals surface area contributed by atoms with Crippen molar-refractivity contribution in [3.05, 3.63) is 0 Å². The number of amides is 3. The summed E-state index contributed by atoms with van der Waals surface area (Å²) >= 11 is 4.93. The van der Waals surface area contributed by atoms with Crippen LogP contribution in [0, 0.1) is 5.92 Å². The van der Waals surface area contributed by atoms with Gasteiger partial charge in [-0.2, -0.15) is 0 Å². The van der Waals surface area contributed by atoms with Crippen LogP contribution in [-0.2, 0) is 4.79 Å². The van der Waals surface area contributed by atoms with Crippen molar-refractivity contribution in [2.24, 2.45) is 11.7 Å². The Labute approximate surface area is 125 Å². The lowest BCUT2D eigenvalue weighted by Gasteiger charge is -2.28. The molecule has 0 bridgehead atoms. The van der Waals surface area contributed by atoms with Crippen molar-refractivity contribution in [2.75, 3.05) is 6.54 Å². The molecule has 1 aliphatic carbocycles. The Morgan fingerprint density at radius 1 is 1.30 bits per heavy atom. The van der Waals surface area contributed by atoms with Gasteiger partial charge in [0.1, 0.15) is 5.54 Å². The molecule has 5 nitrogen and oxygen atoms in total. The number of hydrogen-bond donors (Lipinski definition) is 2. The maximum absolute atomic E-state index is 12.7. The lowest BCUT2D eigenvalue weighted by Crippen LogP contribution is -2.47. The molecule has 112 valence electrons. The molecule has 2 rings (SSSR count). The number of imide groups is 1. The molecular formula is C14H23N3O2S. The van der Waals surface area contributed by atoms with Crippen LogP contribution in [0.4, 0.5) is 4.79 Å². The highest BCUT2D eigenvalue weighted by Crippen LogP contribution is 2.32. The summed E-state index contributed by atoms with van der Waals surface area (Å²) in [4.78, 5) is 26.4. The summed E-state index contributed by atoms with van der Waals surface area (Å²) in [6.07, 6.45) is 6.96. The minimum atomic E-state index is -0.673. The van der Waals surface area contributed by atoms with E-state index in [2.05, 4.69) is 5.32 Å². The van der Waals surface area contributed by atoms with Gasteiger partial charge in [0.15, 0.2) is 0 Å². The second-order valence-electron chi connectivity index (χ2n) is 6.00. The SMILES string of the molecule is CC(CN1C(=O)NC2(CCCCCCC2)C1=O)C(N)=S. The molecule has 2 aliphatic rings. The van der Waals surface area contributed by atoms with E-state index in [-0.39, 0.29) is 24.4 Å². The number of carbonyl (C=O) groups is 2. The fourth-order valence-corrected chi connectivity index (χ4v) is 3.13. The summed E-state index contributed by atoms with van der Waals surface area (Å²) in [5.74, 6) is -0.240. The lowest BCUT2D eigenvalue weighted by molar-refractivity contribution is -0.132. The van der Waals surface area contributed by atoms with Gasteiger partial charge in [-0.05, 0) is 12.8 Å². The molecule has 1 atom stereocenters. The Kier molecular flexibility index (Phi) is 4.62. The second kappa shape index (κ2) is 6.08. The first-order valence-corrected chi connectivity index (χ1v) is 7.80. The third-order valence-corrected chi connectivity index (χ3v) is 4.80. The summed E-state index contributed by atoms with van der Waals surface area (Å²) < 4.78 is 0. The minimum absolute atomic E-state index is 0.0903. The molecule has 1 heterocycles. The first-order chi connectivity index (χ1) is 9.46. The zero-order valence-electron chi connectivity index (χ0n) is 12.0. The normalized spacial score (nSPS) is 24.1. The first-order valence-electron chi connectivity index (χ1n) is 7.40. The van der Waals surface area contributed by atoms with Gasteiger partial charge >= 0.3 is 6.03 Å². The maximum Gasteiger partial charge on any atom is 0.325 e. The number of nitrogens with zero attached hydrogens (tertiary/aromatic N) is 1. The van der Waals surface area contributed by atoms with Crippen LogP contribution in [0.2, 0.25) is 0 Å². The highest BCUT2D eigenvalue weighted by molar-refractivity contribution is 7.80. The second-order valence-corrected chi connectivity index (χ2v) is 6.47. The Morgan fingerprint density at radius 3 is 2.40 bits per heavy atom. The highest BCUT2D eigenvalue weighted by Gasteiger charge is 2.50. The van der Waals surface area contributed by atoms with Gasteiger partial charge in [-0.3, -0.25) is 9.69 Å². The van der Waals surface area contributed by atoms with E-state index in [1.165, 1.54) is 11.3 Å². The molecule has 6 heteroatoms. The molecule has 2 fully saturated rings. The van der Waals surface area contributed by atoms with E-state index in [0.717, 1.165) is 38.5 Å². The average Bonchev–Trinajstić information content (AvgIpc) is 2.59. The van der Waals surface area contributed by atoms with Gasteiger partial charge < -0.3 is 11.1 Å². The summed E-state index contributed by atoms with van der Waals surface area (Å²) in [6, 6.07) is -0.293. The van der Waals surface area contributed by atoms with Crippen LogP contribution in [-0.4, -0.2) is 33.9 Å². The largest absolute Gasteiger partial charge is 0.393 e. The predicted octanol–water partition coefficient (Wildman–Crippen LogP) is 1.94. The molecule has 0 radical (unpaired) electrons. The molecule has 0 aromatic carbocycles. The molecule has 20 heavy (non-hydrogen) atoms. The number of nitrogens with one attached hydrogen (secondary N) is 1.